The second kappa shape index (κ2) is 10.3. The van der Waals surface area contributed by atoms with Crippen LogP contribution in [0.5, 0.6) is 0 Å². The summed E-state index contributed by atoms with van der Waals surface area (Å²) in [6.45, 7) is 0. The molecule has 0 aliphatic heterocycles. The van der Waals surface area contributed by atoms with E-state index in [1.807, 2.05) is 0 Å². The highest BCUT2D eigenvalue weighted by Gasteiger charge is 2.21. The van der Waals surface area contributed by atoms with E-state index in [1.165, 1.54) is 35.7 Å². The molecule has 10 heteroatoms. The first-order valence-electron chi connectivity index (χ1n) is 7.40. The van der Waals surface area contributed by atoms with E-state index >= 15 is 0 Å². The average molecular weight is 522 g/mol. The van der Waals surface area contributed by atoms with Crippen molar-refractivity contribution >= 4 is 66.8 Å². The molecule has 2 rings (SSSR count). The van der Waals surface area contributed by atoms with Crippen LogP contribution in [-0.4, -0.2) is 31.0 Å². The lowest BCUT2D eigenvalue weighted by atomic mass is 10.3. The van der Waals surface area contributed by atoms with Crippen LogP contribution in [0.4, 0.5) is 11.4 Å². The van der Waals surface area contributed by atoms with E-state index in [9.17, 15) is 20.2 Å². The number of hydrogen-bond donors (Lipinski definition) is 0. The highest BCUT2D eigenvalue weighted by atomic mass is 79.9. The molecular formula is C16H14Br2N2O4S2. The van der Waals surface area contributed by atoms with E-state index in [0.29, 0.717) is 21.3 Å². The van der Waals surface area contributed by atoms with Crippen LogP contribution >= 0.6 is 55.4 Å². The second-order valence-electron chi connectivity index (χ2n) is 5.10. The molecule has 0 aromatic heterocycles. The number of nitro benzene ring substituents is 2. The predicted molar refractivity (Wildman–Crippen MR) is 113 cm³/mol. The van der Waals surface area contributed by atoms with Gasteiger partial charge in [-0.25, -0.2) is 0 Å². The second-order valence-corrected chi connectivity index (χ2v) is 9.58. The minimum Gasteiger partial charge on any atom is -0.258 e. The molecule has 0 saturated heterocycles. The summed E-state index contributed by atoms with van der Waals surface area (Å²) in [5.41, 5.74) is 0.190. The van der Waals surface area contributed by atoms with Crippen LogP contribution < -0.4 is 0 Å². The molecular weight excluding hydrogens is 508 g/mol. The first-order valence-corrected chi connectivity index (χ1v) is 11.2. The lowest BCUT2D eigenvalue weighted by Gasteiger charge is -2.16. The van der Waals surface area contributed by atoms with Crippen molar-refractivity contribution in [3.63, 3.8) is 0 Å². The van der Waals surface area contributed by atoms with Crippen LogP contribution in [0.25, 0.3) is 0 Å². The third-order valence-corrected chi connectivity index (χ3v) is 9.17. The molecule has 2 aromatic carbocycles. The molecule has 0 aliphatic rings. The van der Waals surface area contributed by atoms with Crippen molar-refractivity contribution in [3.05, 3.63) is 68.8 Å². The molecule has 0 N–H and O–H groups in total. The van der Waals surface area contributed by atoms with Crippen molar-refractivity contribution in [2.24, 2.45) is 0 Å². The van der Waals surface area contributed by atoms with Crippen LogP contribution in [-0.2, 0) is 0 Å². The van der Waals surface area contributed by atoms with E-state index in [-0.39, 0.29) is 30.9 Å². The topological polar surface area (TPSA) is 86.3 Å². The molecule has 0 saturated carbocycles. The summed E-state index contributed by atoms with van der Waals surface area (Å²) in [6.07, 6.45) is 0. The Morgan fingerprint density at radius 3 is 1.46 bits per heavy atom. The van der Waals surface area contributed by atoms with Gasteiger partial charge in [-0.1, -0.05) is 56.1 Å². The van der Waals surface area contributed by atoms with E-state index in [4.69, 9.17) is 0 Å². The summed E-state index contributed by atoms with van der Waals surface area (Å²) in [5.74, 6) is 1.25. The molecule has 0 aliphatic carbocycles. The first-order chi connectivity index (χ1) is 12.4. The van der Waals surface area contributed by atoms with Gasteiger partial charge in [0.1, 0.15) is 0 Å². The molecule has 0 radical (unpaired) electrons. The summed E-state index contributed by atoms with van der Waals surface area (Å²) >= 11 is 10.0. The van der Waals surface area contributed by atoms with Crippen LogP contribution in [0.1, 0.15) is 0 Å². The number of rotatable bonds is 9. The van der Waals surface area contributed by atoms with Crippen LogP contribution in [0.3, 0.4) is 0 Å². The van der Waals surface area contributed by atoms with Gasteiger partial charge in [-0.05, 0) is 12.1 Å². The van der Waals surface area contributed by atoms with Crippen molar-refractivity contribution in [1.82, 2.24) is 0 Å². The molecule has 0 bridgehead atoms. The Bertz CT molecular complexity index is 729. The van der Waals surface area contributed by atoms with Gasteiger partial charge in [0, 0.05) is 33.3 Å². The van der Waals surface area contributed by atoms with Gasteiger partial charge >= 0.3 is 0 Å². The molecule has 2 atom stereocenters. The number of nitro groups is 2. The number of benzene rings is 2. The average Bonchev–Trinajstić information content (AvgIpc) is 2.64. The Balaban J connectivity index is 1.92. The lowest BCUT2D eigenvalue weighted by molar-refractivity contribution is -0.387. The SMILES string of the molecule is O=[N+]([O-])c1ccccc1SCC(Br)C(Br)CSc1ccccc1[N+](=O)[O-]. The Kier molecular flexibility index (Phi) is 8.39. The molecule has 2 aromatic rings. The lowest BCUT2D eigenvalue weighted by Crippen LogP contribution is -2.19. The van der Waals surface area contributed by atoms with Gasteiger partial charge in [0.25, 0.3) is 11.4 Å². The number of thioether (sulfide) groups is 2. The summed E-state index contributed by atoms with van der Waals surface area (Å²) in [7, 11) is 0. The first kappa shape index (κ1) is 21.2. The summed E-state index contributed by atoms with van der Waals surface area (Å²) in [5, 5.41) is 22.1. The number of para-hydroxylation sites is 2. The standard InChI is InChI=1S/C16H14Br2N2O4S2/c17-11(9-25-15-7-3-1-5-13(15)19(21)22)12(18)10-26-16-8-4-2-6-14(16)20(23)24/h1-8,11-12H,9-10H2. The van der Waals surface area contributed by atoms with Gasteiger partial charge in [0.15, 0.2) is 0 Å². The number of hydrogen-bond acceptors (Lipinski definition) is 6. The predicted octanol–water partition coefficient (Wildman–Crippen LogP) is 5.91. The van der Waals surface area contributed by atoms with Crippen molar-refractivity contribution in [1.29, 1.82) is 0 Å². The normalized spacial score (nSPS) is 13.2. The number of alkyl halides is 2. The van der Waals surface area contributed by atoms with Crippen LogP contribution in [0, 0.1) is 20.2 Å². The highest BCUT2D eigenvalue weighted by molar-refractivity contribution is 9.12. The highest BCUT2D eigenvalue weighted by Crippen LogP contribution is 2.34. The van der Waals surface area contributed by atoms with Gasteiger partial charge in [-0.3, -0.25) is 20.2 Å². The van der Waals surface area contributed by atoms with Gasteiger partial charge in [-0.15, -0.1) is 23.5 Å². The largest absolute Gasteiger partial charge is 0.282 e. The van der Waals surface area contributed by atoms with E-state index in [2.05, 4.69) is 31.9 Å². The molecule has 0 spiro atoms. The van der Waals surface area contributed by atoms with Crippen molar-refractivity contribution < 1.29 is 9.85 Å². The van der Waals surface area contributed by atoms with E-state index < -0.39 is 0 Å². The van der Waals surface area contributed by atoms with E-state index in [1.54, 1.807) is 36.4 Å². The van der Waals surface area contributed by atoms with Crippen molar-refractivity contribution in [2.75, 3.05) is 11.5 Å². The fraction of sp³-hybridized carbons (Fsp3) is 0.250. The van der Waals surface area contributed by atoms with Crippen LogP contribution in [0.15, 0.2) is 58.3 Å². The fourth-order valence-corrected chi connectivity index (χ4v) is 5.74. The zero-order valence-electron chi connectivity index (χ0n) is 13.3. The minimum atomic E-state index is -0.387. The Morgan fingerprint density at radius 1 is 0.769 bits per heavy atom. The minimum absolute atomic E-state index is 0.0441. The Morgan fingerprint density at radius 2 is 1.12 bits per heavy atom. The maximum atomic E-state index is 11.1. The van der Waals surface area contributed by atoms with Gasteiger partial charge in [0.05, 0.1) is 19.6 Å². The van der Waals surface area contributed by atoms with Crippen LogP contribution in [0.2, 0.25) is 0 Å². The molecule has 0 amide bonds. The molecule has 0 fully saturated rings. The van der Waals surface area contributed by atoms with Gasteiger partial charge in [0.2, 0.25) is 0 Å². The smallest absolute Gasteiger partial charge is 0.258 e. The van der Waals surface area contributed by atoms with E-state index in [0.717, 1.165) is 0 Å². The maximum absolute atomic E-state index is 11.1. The molecule has 26 heavy (non-hydrogen) atoms. The quantitative estimate of drug-likeness (QED) is 0.176. The van der Waals surface area contributed by atoms with Gasteiger partial charge < -0.3 is 0 Å². The molecule has 138 valence electrons. The maximum Gasteiger partial charge on any atom is 0.282 e. The zero-order valence-corrected chi connectivity index (χ0v) is 18.1. The monoisotopic (exact) mass is 520 g/mol. The van der Waals surface area contributed by atoms with Crippen molar-refractivity contribution in [2.45, 2.75) is 19.4 Å². The summed E-state index contributed by atoms with van der Waals surface area (Å²) < 4.78 is 0. The Labute approximate surface area is 175 Å². The summed E-state index contributed by atoms with van der Waals surface area (Å²) in [4.78, 5) is 22.7. The molecule has 6 nitrogen and oxygen atoms in total. The Hall–Kier alpha value is -1.10. The molecule has 0 heterocycles. The third kappa shape index (κ3) is 5.97. The fourth-order valence-electron chi connectivity index (χ4n) is 2.01. The van der Waals surface area contributed by atoms with Gasteiger partial charge in [-0.2, -0.15) is 0 Å². The third-order valence-electron chi connectivity index (χ3n) is 3.31. The van der Waals surface area contributed by atoms with Crippen molar-refractivity contribution in [3.8, 4) is 0 Å². The number of halogens is 2. The zero-order chi connectivity index (χ0) is 19.1. The molecule has 2 unspecified atom stereocenters. The number of nitrogens with zero attached hydrogens (tertiary/aromatic N) is 2. The summed E-state index contributed by atoms with van der Waals surface area (Å²) in [6, 6.07) is 13.3.